The van der Waals surface area contributed by atoms with Gasteiger partial charge in [-0.05, 0) is 15.5 Å². The van der Waals surface area contributed by atoms with Gasteiger partial charge < -0.3 is 4.34 Å². The number of nitrogens with zero attached hydrogens (tertiary/aromatic N) is 3. The lowest BCUT2D eigenvalue weighted by molar-refractivity contribution is 1.18. The summed E-state index contributed by atoms with van der Waals surface area (Å²) in [5.74, 6) is 0. The van der Waals surface area contributed by atoms with Crippen LogP contribution < -0.4 is 0 Å². The lowest BCUT2D eigenvalue weighted by atomic mass is 10.4. The molecule has 0 spiro atoms. The lowest BCUT2D eigenvalue weighted by Crippen LogP contribution is -1.80. The summed E-state index contributed by atoms with van der Waals surface area (Å²) in [5.41, 5.74) is 0.944. The average Bonchev–Trinajstić information content (AvgIpc) is 2.34. The smallest absolute Gasteiger partial charge is 0.146 e. The van der Waals surface area contributed by atoms with E-state index in [0.717, 1.165) is 11.0 Å². The van der Waals surface area contributed by atoms with Gasteiger partial charge in [-0.3, -0.25) is 0 Å². The van der Waals surface area contributed by atoms with Gasteiger partial charge >= 0.3 is 0 Å². The first kappa shape index (κ1) is 5.81. The molecular weight excluding hydrogens is 145 g/mol. The first-order valence-corrected chi connectivity index (χ1v) is 3.42. The Labute approximate surface area is 60.4 Å². The Morgan fingerprint density at radius 1 is 1.50 bits per heavy atom. The summed E-state index contributed by atoms with van der Waals surface area (Å²) < 4.78 is 1.89. The van der Waals surface area contributed by atoms with E-state index >= 15 is 0 Å². The van der Waals surface area contributed by atoms with Crippen molar-refractivity contribution in [1.29, 1.82) is 0 Å². The molecule has 10 heavy (non-hydrogen) atoms. The molecule has 2 rings (SSSR count). The molecule has 0 aliphatic rings. The largest absolute Gasteiger partial charge is 0.317 e. The van der Waals surface area contributed by atoms with Gasteiger partial charge in [0.15, 0.2) is 0 Å². The van der Waals surface area contributed by atoms with E-state index in [9.17, 15) is 0 Å². The molecule has 0 fully saturated rings. The fraction of sp³-hybridized carbons (Fsp3) is 0. The minimum Gasteiger partial charge on any atom is -0.317 e. The van der Waals surface area contributed by atoms with E-state index in [1.54, 1.807) is 12.5 Å². The fourth-order valence-corrected chi connectivity index (χ4v) is 1.20. The van der Waals surface area contributed by atoms with E-state index in [1.807, 2.05) is 16.6 Å². The summed E-state index contributed by atoms with van der Waals surface area (Å²) in [6.07, 6.45) is 5.27. The molecule has 0 aromatic carbocycles. The van der Waals surface area contributed by atoms with Crippen molar-refractivity contribution in [2.24, 2.45) is 0 Å². The first-order chi connectivity index (χ1) is 4.88. The summed E-state index contributed by atoms with van der Waals surface area (Å²) in [5, 5.41) is 1.07. The van der Waals surface area contributed by atoms with Gasteiger partial charge in [0.1, 0.15) is 12.0 Å². The molecular formula is C6H6N3P. The SMILES string of the molecule is Pn1ccc2cncnc21. The molecule has 1 unspecified atom stereocenters. The Hall–Kier alpha value is -0.950. The highest BCUT2D eigenvalue weighted by atomic mass is 31.0. The summed E-state index contributed by atoms with van der Waals surface area (Å²) in [7, 11) is 2.56. The quantitative estimate of drug-likeness (QED) is 0.527. The Balaban J connectivity index is 2.93. The molecule has 3 nitrogen and oxygen atoms in total. The summed E-state index contributed by atoms with van der Waals surface area (Å²) in [6, 6.07) is 1.97. The molecule has 2 aromatic heterocycles. The molecule has 1 atom stereocenters. The van der Waals surface area contributed by atoms with Crippen molar-refractivity contribution in [2.45, 2.75) is 0 Å². The van der Waals surface area contributed by atoms with Crippen LogP contribution in [0.4, 0.5) is 0 Å². The van der Waals surface area contributed by atoms with Crippen molar-refractivity contribution >= 4 is 20.4 Å². The zero-order chi connectivity index (χ0) is 6.97. The van der Waals surface area contributed by atoms with Gasteiger partial charge in [0.05, 0.1) is 0 Å². The summed E-state index contributed by atoms with van der Waals surface area (Å²) in [6.45, 7) is 0. The molecule has 0 bridgehead atoms. The molecule has 4 heteroatoms. The molecule has 0 N–H and O–H groups in total. The Bertz CT molecular complexity index is 355. The van der Waals surface area contributed by atoms with Gasteiger partial charge in [0.2, 0.25) is 0 Å². The van der Waals surface area contributed by atoms with Crippen LogP contribution in [0, 0.1) is 0 Å². The molecule has 2 heterocycles. The van der Waals surface area contributed by atoms with Crippen LogP contribution in [0.1, 0.15) is 0 Å². The van der Waals surface area contributed by atoms with Crippen molar-refractivity contribution in [3.63, 3.8) is 0 Å². The second-order valence-corrected chi connectivity index (χ2v) is 2.58. The minimum absolute atomic E-state index is 0.944. The van der Waals surface area contributed by atoms with Crippen molar-refractivity contribution in [3.8, 4) is 0 Å². The number of fused-ring (bicyclic) bond motifs is 1. The van der Waals surface area contributed by atoms with Crippen LogP contribution in [0.15, 0.2) is 24.8 Å². The third kappa shape index (κ3) is 0.711. The number of rotatable bonds is 0. The standard InChI is InChI=1S/C6H6N3P/c10-9-2-1-5-3-7-4-8-6(5)9/h1-4H,10H2. The van der Waals surface area contributed by atoms with Gasteiger partial charge in [-0.25, -0.2) is 9.97 Å². The van der Waals surface area contributed by atoms with E-state index in [2.05, 4.69) is 19.4 Å². The third-order valence-electron chi connectivity index (χ3n) is 1.38. The third-order valence-corrected chi connectivity index (χ3v) is 1.79. The zero-order valence-electron chi connectivity index (χ0n) is 5.23. The zero-order valence-corrected chi connectivity index (χ0v) is 6.38. The molecule has 0 amide bonds. The maximum atomic E-state index is 4.07. The maximum absolute atomic E-state index is 4.07. The summed E-state index contributed by atoms with van der Waals surface area (Å²) in [4.78, 5) is 7.96. The molecule has 0 aliphatic carbocycles. The van der Waals surface area contributed by atoms with Gasteiger partial charge in [-0.15, -0.1) is 0 Å². The number of hydrogen-bond donors (Lipinski definition) is 0. The van der Waals surface area contributed by atoms with Crippen molar-refractivity contribution in [3.05, 3.63) is 24.8 Å². The molecule has 0 saturated carbocycles. The monoisotopic (exact) mass is 151 g/mol. The molecule has 0 aliphatic heterocycles. The van der Waals surface area contributed by atoms with Crippen molar-refractivity contribution < 1.29 is 0 Å². The van der Waals surface area contributed by atoms with E-state index in [0.29, 0.717) is 0 Å². The van der Waals surface area contributed by atoms with Crippen LogP contribution in [0.5, 0.6) is 0 Å². The molecule has 2 aromatic rings. The molecule has 0 saturated heterocycles. The summed E-state index contributed by atoms with van der Waals surface area (Å²) >= 11 is 0. The van der Waals surface area contributed by atoms with E-state index in [-0.39, 0.29) is 0 Å². The second kappa shape index (κ2) is 2.03. The maximum Gasteiger partial charge on any atom is 0.146 e. The van der Waals surface area contributed by atoms with Crippen LogP contribution >= 0.6 is 9.39 Å². The van der Waals surface area contributed by atoms with Gasteiger partial charge in [0.25, 0.3) is 0 Å². The van der Waals surface area contributed by atoms with E-state index < -0.39 is 0 Å². The average molecular weight is 151 g/mol. The highest BCUT2D eigenvalue weighted by Crippen LogP contribution is 2.12. The van der Waals surface area contributed by atoms with Gasteiger partial charge in [-0.2, -0.15) is 0 Å². The predicted molar refractivity (Wildman–Crippen MR) is 42.6 cm³/mol. The minimum atomic E-state index is 0.944. The van der Waals surface area contributed by atoms with E-state index in [1.165, 1.54) is 0 Å². The Morgan fingerprint density at radius 2 is 2.40 bits per heavy atom. The van der Waals surface area contributed by atoms with Crippen molar-refractivity contribution in [2.75, 3.05) is 0 Å². The highest BCUT2D eigenvalue weighted by molar-refractivity contribution is 7.14. The van der Waals surface area contributed by atoms with Crippen LogP contribution in [0.3, 0.4) is 0 Å². The van der Waals surface area contributed by atoms with Gasteiger partial charge in [-0.1, -0.05) is 0 Å². The van der Waals surface area contributed by atoms with Crippen LogP contribution in [-0.4, -0.2) is 14.3 Å². The number of aromatic nitrogens is 3. The highest BCUT2D eigenvalue weighted by Gasteiger charge is 1.95. The fourth-order valence-electron chi connectivity index (χ4n) is 0.898. The normalized spacial score (nSPS) is 10.5. The van der Waals surface area contributed by atoms with Crippen LogP contribution in [0.2, 0.25) is 0 Å². The second-order valence-electron chi connectivity index (χ2n) is 2.02. The van der Waals surface area contributed by atoms with Crippen molar-refractivity contribution in [1.82, 2.24) is 14.3 Å². The molecule has 0 radical (unpaired) electrons. The molecule has 50 valence electrons. The lowest BCUT2D eigenvalue weighted by Gasteiger charge is -1.90. The van der Waals surface area contributed by atoms with Gasteiger partial charge in [0, 0.05) is 17.8 Å². The first-order valence-electron chi connectivity index (χ1n) is 2.90. The number of hydrogen-bond acceptors (Lipinski definition) is 2. The van der Waals surface area contributed by atoms with Crippen LogP contribution in [-0.2, 0) is 0 Å². The predicted octanol–water partition coefficient (Wildman–Crippen LogP) is 1.07. The Morgan fingerprint density at radius 3 is 3.20 bits per heavy atom. The van der Waals surface area contributed by atoms with E-state index in [4.69, 9.17) is 0 Å². The van der Waals surface area contributed by atoms with Crippen LogP contribution in [0.25, 0.3) is 11.0 Å². The Kier molecular flexibility index (Phi) is 1.18. The topological polar surface area (TPSA) is 30.7 Å².